The van der Waals surface area contributed by atoms with Gasteiger partial charge in [-0.15, -0.1) is 0 Å². The summed E-state index contributed by atoms with van der Waals surface area (Å²) in [7, 11) is 0. The van der Waals surface area contributed by atoms with Crippen LogP contribution in [0.2, 0.25) is 0 Å². The lowest BCUT2D eigenvalue weighted by molar-refractivity contribution is -0.122. The summed E-state index contributed by atoms with van der Waals surface area (Å²) in [4.78, 5) is 13.4. The Hall–Kier alpha value is -1.12. The average Bonchev–Trinajstić information content (AvgIpc) is 3.02. The Balaban J connectivity index is 2.40. The summed E-state index contributed by atoms with van der Waals surface area (Å²) in [6, 6.07) is 2.87. The zero-order chi connectivity index (χ0) is 11.3. The van der Waals surface area contributed by atoms with E-state index in [-0.39, 0.29) is 11.9 Å². The van der Waals surface area contributed by atoms with E-state index in [2.05, 4.69) is 16.4 Å². The quantitative estimate of drug-likeness (QED) is 0.371. The van der Waals surface area contributed by atoms with Crippen LogP contribution in [-0.4, -0.2) is 29.4 Å². The number of nitrogens with zero attached hydrogens (tertiary/aromatic N) is 2. The van der Waals surface area contributed by atoms with Gasteiger partial charge in [0.2, 0.25) is 5.91 Å². The molecule has 1 unspecified atom stereocenters. The third-order valence-electron chi connectivity index (χ3n) is 2.71. The van der Waals surface area contributed by atoms with Gasteiger partial charge in [-0.25, -0.2) is 5.84 Å². The van der Waals surface area contributed by atoms with Crippen LogP contribution in [0.3, 0.4) is 0 Å². The number of carbonyl (C=O) groups is 1. The van der Waals surface area contributed by atoms with Crippen LogP contribution in [-0.2, 0) is 4.79 Å². The Morgan fingerprint density at radius 1 is 1.73 bits per heavy atom. The molecule has 1 aliphatic rings. The van der Waals surface area contributed by atoms with E-state index in [0.717, 1.165) is 6.54 Å². The van der Waals surface area contributed by atoms with Gasteiger partial charge < -0.3 is 0 Å². The highest BCUT2D eigenvalue weighted by Gasteiger charge is 2.32. The molecule has 1 amide bonds. The molecular weight excluding hydrogens is 192 g/mol. The average molecular weight is 210 g/mol. The van der Waals surface area contributed by atoms with Gasteiger partial charge in [0.1, 0.15) is 0 Å². The van der Waals surface area contributed by atoms with Crippen LogP contribution in [0.25, 0.3) is 0 Å². The van der Waals surface area contributed by atoms with Crippen molar-refractivity contribution in [3.63, 3.8) is 0 Å². The number of nitrogens with one attached hydrogen (secondary N) is 1. The number of carbonyl (C=O) groups excluding carboxylic acids is 1. The van der Waals surface area contributed by atoms with E-state index in [0.29, 0.717) is 18.9 Å². The molecule has 1 fully saturated rings. The zero-order valence-corrected chi connectivity index (χ0v) is 9.07. The standard InChI is InChI=1S/C10H18N4O/c1-8(7-10(15)13-12)14(6-2-5-11)9-3-4-9/h8-9H,2-4,6-7,12H2,1H3,(H,13,15). The molecule has 0 aliphatic heterocycles. The first-order valence-corrected chi connectivity index (χ1v) is 5.31. The molecule has 1 saturated carbocycles. The molecule has 1 rings (SSSR count). The van der Waals surface area contributed by atoms with Gasteiger partial charge in [0, 0.05) is 31.5 Å². The van der Waals surface area contributed by atoms with Crippen LogP contribution in [0.1, 0.15) is 32.6 Å². The topological polar surface area (TPSA) is 82.2 Å². The predicted octanol–water partition coefficient (Wildman–Crippen LogP) is 0.133. The molecule has 5 nitrogen and oxygen atoms in total. The van der Waals surface area contributed by atoms with Crippen molar-refractivity contribution in [1.29, 1.82) is 5.26 Å². The zero-order valence-electron chi connectivity index (χ0n) is 9.07. The van der Waals surface area contributed by atoms with E-state index in [9.17, 15) is 4.79 Å². The van der Waals surface area contributed by atoms with Gasteiger partial charge in [-0.3, -0.25) is 15.1 Å². The first kappa shape index (κ1) is 12.0. The molecular formula is C10H18N4O. The molecule has 15 heavy (non-hydrogen) atoms. The Bertz CT molecular complexity index is 257. The molecule has 1 atom stereocenters. The van der Waals surface area contributed by atoms with Crippen LogP contribution >= 0.6 is 0 Å². The molecule has 0 saturated heterocycles. The summed E-state index contributed by atoms with van der Waals surface area (Å²) in [5, 5.41) is 8.55. The highest BCUT2D eigenvalue weighted by atomic mass is 16.2. The number of amides is 1. The van der Waals surface area contributed by atoms with Crippen molar-refractivity contribution in [2.24, 2.45) is 5.84 Å². The normalized spacial score (nSPS) is 17.2. The monoisotopic (exact) mass is 210 g/mol. The number of hydrogen-bond donors (Lipinski definition) is 2. The SMILES string of the molecule is CC(CC(=O)NN)N(CCC#N)C1CC1. The van der Waals surface area contributed by atoms with E-state index >= 15 is 0 Å². The van der Waals surface area contributed by atoms with Gasteiger partial charge in [-0.05, 0) is 19.8 Å². The highest BCUT2D eigenvalue weighted by molar-refractivity contribution is 5.75. The Kier molecular flexibility index (Phi) is 4.53. The van der Waals surface area contributed by atoms with Crippen molar-refractivity contribution < 1.29 is 4.79 Å². The lowest BCUT2D eigenvalue weighted by Gasteiger charge is -2.27. The second kappa shape index (κ2) is 5.69. The number of nitrogens with two attached hydrogens (primary N) is 1. The van der Waals surface area contributed by atoms with Crippen LogP contribution < -0.4 is 11.3 Å². The van der Waals surface area contributed by atoms with Gasteiger partial charge in [0.15, 0.2) is 0 Å². The van der Waals surface area contributed by atoms with E-state index in [4.69, 9.17) is 11.1 Å². The van der Waals surface area contributed by atoms with Gasteiger partial charge >= 0.3 is 0 Å². The Labute approximate surface area is 90.2 Å². The van der Waals surface area contributed by atoms with Crippen molar-refractivity contribution in [1.82, 2.24) is 10.3 Å². The number of rotatable bonds is 6. The lowest BCUT2D eigenvalue weighted by Crippen LogP contribution is -2.41. The fraction of sp³-hybridized carbons (Fsp3) is 0.800. The van der Waals surface area contributed by atoms with Crippen LogP contribution in [0, 0.1) is 11.3 Å². The van der Waals surface area contributed by atoms with Crippen molar-refractivity contribution in [2.45, 2.75) is 44.7 Å². The minimum absolute atomic E-state index is 0.148. The van der Waals surface area contributed by atoms with E-state index in [1.165, 1.54) is 12.8 Å². The predicted molar refractivity (Wildman–Crippen MR) is 56.4 cm³/mol. The summed E-state index contributed by atoms with van der Waals surface area (Å²) < 4.78 is 0. The fourth-order valence-electron chi connectivity index (χ4n) is 1.79. The molecule has 0 aromatic heterocycles. The molecule has 84 valence electrons. The largest absolute Gasteiger partial charge is 0.296 e. The summed E-state index contributed by atoms with van der Waals surface area (Å²) >= 11 is 0. The van der Waals surface area contributed by atoms with Crippen molar-refractivity contribution in [2.75, 3.05) is 6.54 Å². The first-order chi connectivity index (χ1) is 7.19. The van der Waals surface area contributed by atoms with Gasteiger partial charge in [0.25, 0.3) is 0 Å². The Morgan fingerprint density at radius 3 is 2.87 bits per heavy atom. The third-order valence-corrected chi connectivity index (χ3v) is 2.71. The van der Waals surface area contributed by atoms with Crippen molar-refractivity contribution >= 4 is 5.91 Å². The van der Waals surface area contributed by atoms with Gasteiger partial charge in [0.05, 0.1) is 6.07 Å². The molecule has 0 spiro atoms. The fourth-order valence-corrected chi connectivity index (χ4v) is 1.79. The van der Waals surface area contributed by atoms with E-state index in [1.54, 1.807) is 0 Å². The maximum absolute atomic E-state index is 11.1. The smallest absolute Gasteiger partial charge is 0.235 e. The van der Waals surface area contributed by atoms with Crippen LogP contribution in [0.15, 0.2) is 0 Å². The lowest BCUT2D eigenvalue weighted by atomic mass is 10.2. The number of nitriles is 1. The second-order valence-corrected chi connectivity index (χ2v) is 4.00. The number of hydrazine groups is 1. The molecule has 0 heterocycles. The maximum atomic E-state index is 11.1. The van der Waals surface area contributed by atoms with Gasteiger partial charge in [-0.2, -0.15) is 5.26 Å². The van der Waals surface area contributed by atoms with Gasteiger partial charge in [-0.1, -0.05) is 0 Å². The molecule has 0 bridgehead atoms. The summed E-state index contributed by atoms with van der Waals surface area (Å²) in [5.74, 6) is 4.89. The minimum Gasteiger partial charge on any atom is -0.296 e. The summed E-state index contributed by atoms with van der Waals surface area (Å²) in [6.45, 7) is 2.76. The molecule has 3 N–H and O–H groups in total. The molecule has 0 aromatic carbocycles. The molecule has 1 aliphatic carbocycles. The van der Waals surface area contributed by atoms with E-state index in [1.807, 2.05) is 6.92 Å². The van der Waals surface area contributed by atoms with Crippen LogP contribution in [0.5, 0.6) is 0 Å². The molecule has 5 heteroatoms. The molecule has 0 aromatic rings. The summed E-state index contributed by atoms with van der Waals surface area (Å²) in [6.07, 6.45) is 3.28. The Morgan fingerprint density at radius 2 is 2.40 bits per heavy atom. The van der Waals surface area contributed by atoms with Crippen molar-refractivity contribution in [3.05, 3.63) is 0 Å². The highest BCUT2D eigenvalue weighted by Crippen LogP contribution is 2.29. The first-order valence-electron chi connectivity index (χ1n) is 5.31. The van der Waals surface area contributed by atoms with Crippen molar-refractivity contribution in [3.8, 4) is 6.07 Å². The number of hydrogen-bond acceptors (Lipinski definition) is 4. The molecule has 0 radical (unpaired) electrons. The summed E-state index contributed by atoms with van der Waals surface area (Å²) in [5.41, 5.74) is 2.14. The minimum atomic E-state index is -0.148. The van der Waals surface area contributed by atoms with Crippen LogP contribution in [0.4, 0.5) is 0 Å². The third kappa shape index (κ3) is 3.86. The maximum Gasteiger partial charge on any atom is 0.235 e. The second-order valence-electron chi connectivity index (χ2n) is 4.00. The van der Waals surface area contributed by atoms with E-state index < -0.39 is 0 Å².